The first-order chi connectivity index (χ1) is 13.4. The van der Waals surface area contributed by atoms with Crippen molar-refractivity contribution in [1.82, 2.24) is 5.32 Å². The second-order valence-corrected chi connectivity index (χ2v) is 8.29. The van der Waals surface area contributed by atoms with Gasteiger partial charge in [-0.3, -0.25) is 4.79 Å². The summed E-state index contributed by atoms with van der Waals surface area (Å²) in [6.45, 7) is 7.20. The molecule has 0 aliphatic carbocycles. The monoisotopic (exact) mass is 403 g/mol. The Labute approximate surface area is 171 Å². The minimum atomic E-state index is -0.167. The number of methoxy groups -OCH3 is 2. The lowest BCUT2D eigenvalue weighted by Gasteiger charge is -2.17. The summed E-state index contributed by atoms with van der Waals surface area (Å²) in [6, 6.07) is 13.2. The van der Waals surface area contributed by atoms with Gasteiger partial charge in [0.1, 0.15) is 6.61 Å². The second kappa shape index (κ2) is 11.0. The summed E-state index contributed by atoms with van der Waals surface area (Å²) in [7, 11) is 3.23. The number of carbonyl (C=O) groups is 1. The smallest absolute Gasteiger partial charge is 0.251 e. The van der Waals surface area contributed by atoms with E-state index in [0.29, 0.717) is 35.5 Å². The molecule has 1 amide bonds. The molecule has 0 radical (unpaired) electrons. The van der Waals surface area contributed by atoms with Crippen molar-refractivity contribution in [1.29, 1.82) is 0 Å². The van der Waals surface area contributed by atoms with Gasteiger partial charge in [-0.05, 0) is 48.9 Å². The van der Waals surface area contributed by atoms with Crippen molar-refractivity contribution in [3.63, 3.8) is 0 Å². The van der Waals surface area contributed by atoms with Crippen LogP contribution in [0.15, 0.2) is 47.4 Å². The van der Waals surface area contributed by atoms with Crippen LogP contribution in [0.1, 0.15) is 42.7 Å². The fourth-order valence-electron chi connectivity index (χ4n) is 2.63. The standard InChI is InChI=1S/C22H29NO4S/c1-15(2)28-19-9-6-17(7-10-19)22(24)23-16(3)18-8-11-20(21(14-18)26-5)27-13-12-25-4/h6-11,14-16H,12-13H2,1-5H3,(H,23,24). The van der Waals surface area contributed by atoms with Crippen LogP contribution in [0.4, 0.5) is 0 Å². The molecule has 0 aliphatic heterocycles. The Morgan fingerprint density at radius 3 is 2.32 bits per heavy atom. The molecule has 0 aliphatic rings. The third-order valence-corrected chi connectivity index (χ3v) is 5.08. The van der Waals surface area contributed by atoms with E-state index in [1.165, 1.54) is 0 Å². The van der Waals surface area contributed by atoms with Crippen molar-refractivity contribution in [2.24, 2.45) is 0 Å². The Morgan fingerprint density at radius 1 is 1.00 bits per heavy atom. The van der Waals surface area contributed by atoms with Gasteiger partial charge in [0, 0.05) is 22.8 Å². The third kappa shape index (κ3) is 6.46. The Morgan fingerprint density at radius 2 is 1.71 bits per heavy atom. The van der Waals surface area contributed by atoms with Crippen LogP contribution in [0.2, 0.25) is 0 Å². The quantitative estimate of drug-likeness (QED) is 0.460. The number of thioether (sulfide) groups is 1. The maximum atomic E-state index is 12.6. The van der Waals surface area contributed by atoms with Gasteiger partial charge in [-0.15, -0.1) is 11.8 Å². The first-order valence-corrected chi connectivity index (χ1v) is 10.2. The Kier molecular flexibility index (Phi) is 8.67. The van der Waals surface area contributed by atoms with Crippen LogP contribution >= 0.6 is 11.8 Å². The summed E-state index contributed by atoms with van der Waals surface area (Å²) in [5.41, 5.74) is 1.59. The van der Waals surface area contributed by atoms with Gasteiger partial charge in [0.2, 0.25) is 0 Å². The van der Waals surface area contributed by atoms with Gasteiger partial charge in [-0.2, -0.15) is 0 Å². The zero-order valence-corrected chi connectivity index (χ0v) is 18.0. The van der Waals surface area contributed by atoms with Crippen LogP contribution in [-0.2, 0) is 4.74 Å². The Hall–Kier alpha value is -2.18. The minimum Gasteiger partial charge on any atom is -0.493 e. The highest BCUT2D eigenvalue weighted by atomic mass is 32.2. The van der Waals surface area contributed by atoms with E-state index in [-0.39, 0.29) is 11.9 Å². The van der Waals surface area contributed by atoms with Crippen LogP contribution in [0.25, 0.3) is 0 Å². The van der Waals surface area contributed by atoms with E-state index in [2.05, 4.69) is 19.2 Å². The maximum Gasteiger partial charge on any atom is 0.251 e. The summed E-state index contributed by atoms with van der Waals surface area (Å²) >= 11 is 1.78. The predicted molar refractivity (Wildman–Crippen MR) is 114 cm³/mol. The van der Waals surface area contributed by atoms with Crippen LogP contribution in [0, 0.1) is 0 Å². The number of hydrogen-bond acceptors (Lipinski definition) is 5. The maximum absolute atomic E-state index is 12.6. The molecular weight excluding hydrogens is 374 g/mol. The average Bonchev–Trinajstić information content (AvgIpc) is 2.68. The fourth-order valence-corrected chi connectivity index (χ4v) is 3.47. The molecule has 28 heavy (non-hydrogen) atoms. The lowest BCUT2D eigenvalue weighted by molar-refractivity contribution is 0.0939. The molecule has 0 fully saturated rings. The van der Waals surface area contributed by atoms with Gasteiger partial charge in [0.15, 0.2) is 11.5 Å². The molecule has 0 heterocycles. The summed E-state index contributed by atoms with van der Waals surface area (Å²) in [4.78, 5) is 13.7. The van der Waals surface area contributed by atoms with Crippen molar-refractivity contribution < 1.29 is 19.0 Å². The first kappa shape index (κ1) is 22.1. The average molecular weight is 404 g/mol. The van der Waals surface area contributed by atoms with Gasteiger partial charge >= 0.3 is 0 Å². The van der Waals surface area contributed by atoms with E-state index < -0.39 is 0 Å². The van der Waals surface area contributed by atoms with Crippen molar-refractivity contribution >= 4 is 17.7 Å². The molecule has 0 spiro atoms. The number of benzene rings is 2. The highest BCUT2D eigenvalue weighted by molar-refractivity contribution is 7.99. The molecule has 0 saturated carbocycles. The summed E-state index contributed by atoms with van der Waals surface area (Å²) in [5, 5.41) is 3.54. The topological polar surface area (TPSA) is 56.8 Å². The summed E-state index contributed by atoms with van der Waals surface area (Å²) in [6.07, 6.45) is 0. The van der Waals surface area contributed by atoms with Crippen LogP contribution < -0.4 is 14.8 Å². The molecule has 0 saturated heterocycles. The van der Waals surface area contributed by atoms with Crippen LogP contribution in [0.3, 0.4) is 0 Å². The fraction of sp³-hybridized carbons (Fsp3) is 0.409. The molecule has 1 unspecified atom stereocenters. The van der Waals surface area contributed by atoms with Gasteiger partial charge in [0.05, 0.1) is 19.8 Å². The largest absolute Gasteiger partial charge is 0.493 e. The molecular formula is C22H29NO4S. The SMILES string of the molecule is COCCOc1ccc(C(C)NC(=O)c2ccc(SC(C)C)cc2)cc1OC. The molecule has 6 heteroatoms. The van der Waals surface area contributed by atoms with E-state index in [0.717, 1.165) is 10.5 Å². The Balaban J connectivity index is 2.02. The molecule has 152 valence electrons. The minimum absolute atomic E-state index is 0.104. The normalized spacial score (nSPS) is 11.9. The number of carbonyl (C=O) groups excluding carboxylic acids is 1. The zero-order chi connectivity index (χ0) is 20.5. The van der Waals surface area contributed by atoms with E-state index >= 15 is 0 Å². The molecule has 1 N–H and O–H groups in total. The molecule has 2 aromatic carbocycles. The highest BCUT2D eigenvalue weighted by Gasteiger charge is 2.14. The van der Waals surface area contributed by atoms with Crippen LogP contribution in [-0.4, -0.2) is 38.6 Å². The van der Waals surface area contributed by atoms with Gasteiger partial charge < -0.3 is 19.5 Å². The number of nitrogens with one attached hydrogen (secondary N) is 1. The molecule has 2 aromatic rings. The van der Waals surface area contributed by atoms with Crippen molar-refractivity contribution in [3.8, 4) is 11.5 Å². The summed E-state index contributed by atoms with van der Waals surface area (Å²) in [5.74, 6) is 1.18. The van der Waals surface area contributed by atoms with Gasteiger partial charge in [-0.1, -0.05) is 19.9 Å². The second-order valence-electron chi connectivity index (χ2n) is 6.64. The zero-order valence-electron chi connectivity index (χ0n) is 17.2. The number of amides is 1. The first-order valence-electron chi connectivity index (χ1n) is 9.31. The van der Waals surface area contributed by atoms with Crippen LogP contribution in [0.5, 0.6) is 11.5 Å². The molecule has 1 atom stereocenters. The van der Waals surface area contributed by atoms with Crippen molar-refractivity contribution in [2.45, 2.75) is 37.0 Å². The van der Waals surface area contributed by atoms with Gasteiger partial charge in [0.25, 0.3) is 5.91 Å². The van der Waals surface area contributed by atoms with E-state index in [9.17, 15) is 4.79 Å². The summed E-state index contributed by atoms with van der Waals surface area (Å²) < 4.78 is 16.1. The third-order valence-electron chi connectivity index (χ3n) is 4.07. The van der Waals surface area contributed by atoms with Gasteiger partial charge in [-0.25, -0.2) is 0 Å². The molecule has 5 nitrogen and oxygen atoms in total. The van der Waals surface area contributed by atoms with E-state index in [4.69, 9.17) is 14.2 Å². The Bertz CT molecular complexity index is 762. The lowest BCUT2D eigenvalue weighted by atomic mass is 10.1. The highest BCUT2D eigenvalue weighted by Crippen LogP contribution is 2.30. The van der Waals surface area contributed by atoms with Crippen molar-refractivity contribution in [3.05, 3.63) is 53.6 Å². The molecule has 0 bridgehead atoms. The molecule has 0 aromatic heterocycles. The van der Waals surface area contributed by atoms with Crippen molar-refractivity contribution in [2.75, 3.05) is 27.4 Å². The van der Waals surface area contributed by atoms with E-state index in [1.807, 2.05) is 49.4 Å². The van der Waals surface area contributed by atoms with E-state index in [1.54, 1.807) is 26.0 Å². The number of hydrogen-bond donors (Lipinski definition) is 1. The predicted octanol–water partition coefficient (Wildman–Crippen LogP) is 4.71. The molecule has 2 rings (SSSR count). The lowest BCUT2D eigenvalue weighted by Crippen LogP contribution is -2.26. The number of rotatable bonds is 10. The number of ether oxygens (including phenoxy) is 3.